The number of nitrogens with two attached hydrogens (primary N) is 1. The molecule has 0 spiro atoms. The van der Waals surface area contributed by atoms with Crippen LogP contribution in [0.1, 0.15) is 30.7 Å². The molecule has 1 saturated carbocycles. The van der Waals surface area contributed by atoms with Crippen LogP contribution in [0.3, 0.4) is 0 Å². The lowest BCUT2D eigenvalue weighted by Gasteiger charge is -2.19. The topological polar surface area (TPSA) is 38.9 Å². The van der Waals surface area contributed by atoms with Gasteiger partial charge in [0.25, 0.3) is 0 Å². The Hall–Kier alpha value is -0.710. The van der Waals surface area contributed by atoms with Gasteiger partial charge in [0.15, 0.2) is 0 Å². The summed E-state index contributed by atoms with van der Waals surface area (Å²) in [5.74, 6) is 0. The van der Waals surface area contributed by atoms with Crippen LogP contribution in [0.5, 0.6) is 0 Å². The minimum absolute atomic E-state index is 0.176. The number of hydrogen-bond donors (Lipinski definition) is 1. The summed E-state index contributed by atoms with van der Waals surface area (Å²) >= 11 is 5.26. The molecule has 1 heterocycles. The third-order valence-corrected chi connectivity index (χ3v) is 5.33. The number of hydrogen-bond acceptors (Lipinski definition) is 3. The van der Waals surface area contributed by atoms with Crippen LogP contribution in [-0.2, 0) is 5.54 Å². The minimum atomic E-state index is -0.176. The van der Waals surface area contributed by atoms with Gasteiger partial charge in [-0.05, 0) is 18.9 Å². The Labute approximate surface area is 119 Å². The molecule has 1 aromatic carbocycles. The lowest BCUT2D eigenvalue weighted by Crippen LogP contribution is -2.32. The standard InChI is InChI=1S/C14H15BrN2S/c15-11-6-2-1-5-10(11)12-9-18-13(17-12)14(16)7-3-4-8-14/h1-2,5-6,9H,3-4,7-8,16H2. The summed E-state index contributed by atoms with van der Waals surface area (Å²) in [6, 6.07) is 8.18. The van der Waals surface area contributed by atoms with Crippen molar-refractivity contribution in [2.45, 2.75) is 31.2 Å². The summed E-state index contributed by atoms with van der Waals surface area (Å²) in [6.45, 7) is 0. The molecular weight excluding hydrogens is 308 g/mol. The van der Waals surface area contributed by atoms with Gasteiger partial charge in [0.1, 0.15) is 5.01 Å². The van der Waals surface area contributed by atoms with Crippen molar-refractivity contribution >= 4 is 27.3 Å². The molecule has 0 amide bonds. The van der Waals surface area contributed by atoms with Gasteiger partial charge in [0.05, 0.1) is 11.2 Å². The van der Waals surface area contributed by atoms with E-state index in [0.29, 0.717) is 0 Å². The van der Waals surface area contributed by atoms with E-state index < -0.39 is 0 Å². The van der Waals surface area contributed by atoms with Gasteiger partial charge >= 0.3 is 0 Å². The van der Waals surface area contributed by atoms with Crippen molar-refractivity contribution in [1.29, 1.82) is 0 Å². The molecule has 2 nitrogen and oxygen atoms in total. The molecule has 0 saturated heterocycles. The van der Waals surface area contributed by atoms with Crippen LogP contribution in [0.25, 0.3) is 11.3 Å². The van der Waals surface area contributed by atoms with E-state index in [1.165, 1.54) is 12.8 Å². The Kier molecular flexibility index (Phi) is 3.26. The fourth-order valence-electron chi connectivity index (χ4n) is 2.51. The maximum atomic E-state index is 6.45. The quantitative estimate of drug-likeness (QED) is 0.895. The van der Waals surface area contributed by atoms with E-state index in [1.54, 1.807) is 11.3 Å². The van der Waals surface area contributed by atoms with Crippen LogP contribution in [-0.4, -0.2) is 4.98 Å². The van der Waals surface area contributed by atoms with E-state index >= 15 is 0 Å². The average molecular weight is 323 g/mol. The van der Waals surface area contributed by atoms with Crippen LogP contribution in [0.15, 0.2) is 34.1 Å². The van der Waals surface area contributed by atoms with Gasteiger partial charge in [-0.25, -0.2) is 4.98 Å². The maximum Gasteiger partial charge on any atom is 0.113 e. The highest BCUT2D eigenvalue weighted by atomic mass is 79.9. The second-order valence-corrected chi connectivity index (χ2v) is 6.59. The van der Waals surface area contributed by atoms with Crippen LogP contribution in [0.2, 0.25) is 0 Å². The van der Waals surface area contributed by atoms with Gasteiger partial charge in [-0.15, -0.1) is 11.3 Å². The van der Waals surface area contributed by atoms with Gasteiger partial charge in [-0.3, -0.25) is 0 Å². The summed E-state index contributed by atoms with van der Waals surface area (Å²) in [5, 5.41) is 3.20. The molecule has 0 atom stereocenters. The monoisotopic (exact) mass is 322 g/mol. The first-order valence-electron chi connectivity index (χ1n) is 6.19. The zero-order valence-corrected chi connectivity index (χ0v) is 12.4. The lowest BCUT2D eigenvalue weighted by molar-refractivity contribution is 0.459. The van der Waals surface area contributed by atoms with Crippen molar-refractivity contribution < 1.29 is 0 Å². The zero-order valence-electron chi connectivity index (χ0n) is 10.0. The second-order valence-electron chi connectivity index (χ2n) is 4.88. The van der Waals surface area contributed by atoms with E-state index in [9.17, 15) is 0 Å². The third-order valence-electron chi connectivity index (χ3n) is 3.58. The first-order valence-corrected chi connectivity index (χ1v) is 7.86. The predicted molar refractivity (Wildman–Crippen MR) is 79.6 cm³/mol. The molecule has 94 valence electrons. The van der Waals surface area contributed by atoms with Crippen molar-refractivity contribution in [3.05, 3.63) is 39.1 Å². The summed E-state index contributed by atoms with van der Waals surface area (Å²) in [5.41, 5.74) is 8.44. The molecule has 0 bridgehead atoms. The lowest BCUT2D eigenvalue weighted by atomic mass is 10.0. The highest BCUT2D eigenvalue weighted by molar-refractivity contribution is 9.10. The van der Waals surface area contributed by atoms with Gasteiger partial charge in [-0.2, -0.15) is 0 Å². The zero-order chi connectivity index (χ0) is 12.6. The summed E-state index contributed by atoms with van der Waals surface area (Å²) in [7, 11) is 0. The number of rotatable bonds is 2. The van der Waals surface area contributed by atoms with Crippen molar-refractivity contribution in [3.8, 4) is 11.3 Å². The average Bonchev–Trinajstić information content (AvgIpc) is 2.99. The Bertz CT molecular complexity index is 558. The van der Waals surface area contributed by atoms with E-state index in [4.69, 9.17) is 10.7 Å². The first kappa shape index (κ1) is 12.3. The molecule has 4 heteroatoms. The first-order chi connectivity index (χ1) is 8.69. The Morgan fingerprint density at radius 2 is 1.94 bits per heavy atom. The SMILES string of the molecule is NC1(c2nc(-c3ccccc3Br)cs2)CCCC1. The summed E-state index contributed by atoms with van der Waals surface area (Å²) in [6.07, 6.45) is 4.58. The van der Waals surface area contributed by atoms with E-state index in [0.717, 1.165) is 33.6 Å². The smallest absolute Gasteiger partial charge is 0.113 e. The van der Waals surface area contributed by atoms with Crippen LogP contribution in [0, 0.1) is 0 Å². The molecular formula is C14H15BrN2S. The number of thiazole rings is 1. The van der Waals surface area contributed by atoms with Gasteiger partial charge in [-0.1, -0.05) is 47.0 Å². The highest BCUT2D eigenvalue weighted by Crippen LogP contribution is 2.39. The van der Waals surface area contributed by atoms with Gasteiger partial charge in [0, 0.05) is 15.4 Å². The molecule has 18 heavy (non-hydrogen) atoms. The van der Waals surface area contributed by atoms with Crippen LogP contribution < -0.4 is 5.73 Å². The van der Waals surface area contributed by atoms with Gasteiger partial charge in [0.2, 0.25) is 0 Å². The summed E-state index contributed by atoms with van der Waals surface area (Å²) < 4.78 is 1.08. The van der Waals surface area contributed by atoms with E-state index in [-0.39, 0.29) is 5.54 Å². The van der Waals surface area contributed by atoms with Crippen LogP contribution in [0.4, 0.5) is 0 Å². The molecule has 0 radical (unpaired) electrons. The number of aromatic nitrogens is 1. The van der Waals surface area contributed by atoms with E-state index in [2.05, 4.69) is 27.4 Å². The van der Waals surface area contributed by atoms with Crippen molar-refractivity contribution in [2.24, 2.45) is 5.73 Å². The summed E-state index contributed by atoms with van der Waals surface area (Å²) in [4.78, 5) is 4.76. The van der Waals surface area contributed by atoms with Crippen LogP contribution >= 0.6 is 27.3 Å². The molecule has 0 unspecified atom stereocenters. The Morgan fingerprint density at radius 3 is 2.67 bits per heavy atom. The van der Waals surface area contributed by atoms with Crippen molar-refractivity contribution in [3.63, 3.8) is 0 Å². The molecule has 0 aliphatic heterocycles. The van der Waals surface area contributed by atoms with Crippen molar-refractivity contribution in [1.82, 2.24) is 4.98 Å². The molecule has 2 N–H and O–H groups in total. The van der Waals surface area contributed by atoms with Gasteiger partial charge < -0.3 is 5.73 Å². The fourth-order valence-corrected chi connectivity index (χ4v) is 4.00. The second kappa shape index (κ2) is 4.76. The minimum Gasteiger partial charge on any atom is -0.319 e. The molecule has 3 rings (SSSR count). The Morgan fingerprint density at radius 1 is 1.22 bits per heavy atom. The number of halogens is 1. The molecule has 2 aromatic rings. The van der Waals surface area contributed by atoms with Crippen molar-refractivity contribution in [2.75, 3.05) is 0 Å². The van der Waals surface area contributed by atoms with E-state index in [1.807, 2.05) is 18.2 Å². The normalized spacial score (nSPS) is 18.1. The maximum absolute atomic E-state index is 6.45. The molecule has 1 aromatic heterocycles. The number of benzene rings is 1. The number of nitrogens with zero attached hydrogens (tertiary/aromatic N) is 1. The fraction of sp³-hybridized carbons (Fsp3) is 0.357. The molecule has 1 aliphatic rings. The molecule has 1 aliphatic carbocycles. The largest absolute Gasteiger partial charge is 0.319 e. The predicted octanol–water partition coefficient (Wildman–Crippen LogP) is 4.30. The Balaban J connectivity index is 1.97. The third kappa shape index (κ3) is 2.13. The highest BCUT2D eigenvalue weighted by Gasteiger charge is 2.34. The molecule has 1 fully saturated rings.